The number of anilines is 1. The number of nitrogen functional groups attached to an aromatic ring is 1. The van der Waals surface area contributed by atoms with Gasteiger partial charge >= 0.3 is 0 Å². The number of sulfone groups is 1. The second-order valence-corrected chi connectivity index (χ2v) is 7.37. The Bertz CT molecular complexity index is 485. The van der Waals surface area contributed by atoms with Gasteiger partial charge in [0.1, 0.15) is 9.84 Å². The molecular formula is C11H14BrNO2S. The van der Waals surface area contributed by atoms with Crippen LogP contribution in [0.15, 0.2) is 22.7 Å². The van der Waals surface area contributed by atoms with E-state index in [1.807, 2.05) is 18.2 Å². The monoisotopic (exact) mass is 303 g/mol. The average Bonchev–Trinajstić information content (AvgIpc) is 2.22. The van der Waals surface area contributed by atoms with Gasteiger partial charge in [-0.3, -0.25) is 0 Å². The van der Waals surface area contributed by atoms with Crippen LogP contribution >= 0.6 is 15.9 Å². The summed E-state index contributed by atoms with van der Waals surface area (Å²) in [6.45, 7) is 0. The molecule has 1 saturated heterocycles. The fraction of sp³-hybridized carbons (Fsp3) is 0.455. The summed E-state index contributed by atoms with van der Waals surface area (Å²) in [4.78, 5) is 0. The zero-order valence-electron chi connectivity index (χ0n) is 8.82. The molecule has 0 saturated carbocycles. The number of nitrogens with two attached hydrogens (primary N) is 1. The lowest BCUT2D eigenvalue weighted by atomic mass is 9.93. The molecular weight excluding hydrogens is 290 g/mol. The van der Waals surface area contributed by atoms with Gasteiger partial charge in [0.05, 0.1) is 11.5 Å². The quantitative estimate of drug-likeness (QED) is 0.810. The van der Waals surface area contributed by atoms with Crippen molar-refractivity contribution in [3.8, 4) is 0 Å². The second-order valence-electron chi connectivity index (χ2n) is 4.21. The van der Waals surface area contributed by atoms with Crippen LogP contribution in [0.4, 0.5) is 5.69 Å². The maximum absolute atomic E-state index is 11.3. The summed E-state index contributed by atoms with van der Waals surface area (Å²) < 4.78 is 23.5. The number of halogens is 1. The third-order valence-corrected chi connectivity index (χ3v) is 5.45. The fourth-order valence-corrected chi connectivity index (χ4v) is 3.91. The molecule has 3 nitrogen and oxygen atoms in total. The Balaban J connectivity index is 2.17. The predicted octanol–water partition coefficient (Wildman–Crippen LogP) is 2.32. The summed E-state index contributed by atoms with van der Waals surface area (Å²) in [6, 6.07) is 5.85. The van der Waals surface area contributed by atoms with Crippen molar-refractivity contribution < 1.29 is 8.42 Å². The van der Waals surface area contributed by atoms with Gasteiger partial charge in [0.2, 0.25) is 0 Å². The molecule has 0 bridgehead atoms. The lowest BCUT2D eigenvalue weighted by molar-refractivity contribution is 0.550. The van der Waals surface area contributed by atoms with E-state index < -0.39 is 9.84 Å². The van der Waals surface area contributed by atoms with Crippen LogP contribution in [0.3, 0.4) is 0 Å². The van der Waals surface area contributed by atoms with E-state index in [4.69, 9.17) is 5.73 Å². The van der Waals surface area contributed by atoms with Gasteiger partial charge in [-0.15, -0.1) is 0 Å². The molecule has 2 rings (SSSR count). The molecule has 0 spiro atoms. The predicted molar refractivity (Wildman–Crippen MR) is 69.2 cm³/mol. The van der Waals surface area contributed by atoms with Gasteiger partial charge < -0.3 is 5.73 Å². The molecule has 0 atom stereocenters. The summed E-state index contributed by atoms with van der Waals surface area (Å²) in [5.74, 6) is 0.958. The van der Waals surface area contributed by atoms with Crippen LogP contribution in [-0.4, -0.2) is 19.9 Å². The zero-order chi connectivity index (χ0) is 11.8. The summed E-state index contributed by atoms with van der Waals surface area (Å²) >= 11 is 3.39. The van der Waals surface area contributed by atoms with Gasteiger partial charge in [-0.2, -0.15) is 0 Å². The molecule has 2 N–H and O–H groups in total. The van der Waals surface area contributed by atoms with E-state index in [2.05, 4.69) is 15.9 Å². The van der Waals surface area contributed by atoms with Crippen molar-refractivity contribution in [3.05, 3.63) is 28.2 Å². The molecule has 1 heterocycles. The Labute approximate surface area is 104 Å². The lowest BCUT2D eigenvalue weighted by Crippen LogP contribution is -2.22. The maximum atomic E-state index is 11.3. The molecule has 0 aromatic heterocycles. The van der Waals surface area contributed by atoms with Gasteiger partial charge in [-0.1, -0.05) is 6.07 Å². The Morgan fingerprint density at radius 1 is 1.25 bits per heavy atom. The number of rotatable bonds is 1. The number of hydrogen-bond donors (Lipinski definition) is 1. The van der Waals surface area contributed by atoms with E-state index in [0.717, 1.165) is 17.3 Å². The van der Waals surface area contributed by atoms with E-state index in [0.29, 0.717) is 23.1 Å². The minimum atomic E-state index is -2.78. The molecule has 88 valence electrons. The summed E-state index contributed by atoms with van der Waals surface area (Å²) in [7, 11) is -2.78. The smallest absolute Gasteiger partial charge is 0.150 e. The van der Waals surface area contributed by atoms with Gasteiger partial charge in [-0.05, 0) is 52.4 Å². The van der Waals surface area contributed by atoms with Gasteiger partial charge in [0.25, 0.3) is 0 Å². The largest absolute Gasteiger partial charge is 0.398 e. The molecule has 1 aliphatic rings. The Morgan fingerprint density at radius 3 is 2.44 bits per heavy atom. The van der Waals surface area contributed by atoms with Crippen molar-refractivity contribution >= 4 is 31.5 Å². The molecule has 5 heteroatoms. The maximum Gasteiger partial charge on any atom is 0.150 e. The molecule has 1 aliphatic heterocycles. The van der Waals surface area contributed by atoms with Gasteiger partial charge in [0, 0.05) is 10.2 Å². The first kappa shape index (κ1) is 11.9. The lowest BCUT2D eigenvalue weighted by Gasteiger charge is -2.22. The topological polar surface area (TPSA) is 60.2 Å². The Hall–Kier alpha value is -0.550. The highest BCUT2D eigenvalue weighted by Crippen LogP contribution is 2.32. The zero-order valence-corrected chi connectivity index (χ0v) is 11.2. The van der Waals surface area contributed by atoms with E-state index in [9.17, 15) is 8.42 Å². The fourth-order valence-electron chi connectivity index (χ4n) is 2.02. The number of hydrogen-bond acceptors (Lipinski definition) is 3. The third kappa shape index (κ3) is 2.58. The normalized spacial score (nSPS) is 20.8. The van der Waals surface area contributed by atoms with Crippen LogP contribution < -0.4 is 5.73 Å². The van der Waals surface area contributed by atoms with E-state index in [1.54, 1.807) is 0 Å². The molecule has 0 unspecified atom stereocenters. The summed E-state index contributed by atoms with van der Waals surface area (Å²) in [6.07, 6.45) is 1.44. The Morgan fingerprint density at radius 2 is 1.88 bits per heavy atom. The van der Waals surface area contributed by atoms with Crippen LogP contribution in [-0.2, 0) is 9.84 Å². The van der Waals surface area contributed by atoms with E-state index in [-0.39, 0.29) is 0 Å². The minimum absolute atomic E-state index is 0.305. The Kier molecular flexibility index (Phi) is 3.26. The second kappa shape index (κ2) is 4.37. The first-order valence-corrected chi connectivity index (χ1v) is 7.85. The highest BCUT2D eigenvalue weighted by molar-refractivity contribution is 9.10. The molecule has 0 aliphatic carbocycles. The van der Waals surface area contributed by atoms with Crippen molar-refractivity contribution in [2.75, 3.05) is 17.2 Å². The molecule has 1 fully saturated rings. The van der Waals surface area contributed by atoms with Crippen molar-refractivity contribution in [2.24, 2.45) is 0 Å². The first-order chi connectivity index (χ1) is 7.48. The van der Waals surface area contributed by atoms with Crippen LogP contribution in [0.5, 0.6) is 0 Å². The van der Waals surface area contributed by atoms with Crippen LogP contribution in [0.2, 0.25) is 0 Å². The SMILES string of the molecule is Nc1ccc(C2CCS(=O)(=O)CC2)cc1Br. The standard InChI is InChI=1S/C11H14BrNO2S/c12-10-7-9(1-2-11(10)13)8-3-5-16(14,15)6-4-8/h1-2,7-8H,3-6,13H2. The van der Waals surface area contributed by atoms with Crippen LogP contribution in [0.25, 0.3) is 0 Å². The van der Waals surface area contributed by atoms with E-state index >= 15 is 0 Å². The molecule has 1 aromatic carbocycles. The first-order valence-electron chi connectivity index (χ1n) is 5.23. The van der Waals surface area contributed by atoms with Crippen molar-refractivity contribution in [3.63, 3.8) is 0 Å². The van der Waals surface area contributed by atoms with E-state index in [1.165, 1.54) is 5.56 Å². The van der Waals surface area contributed by atoms with Crippen LogP contribution in [0.1, 0.15) is 24.3 Å². The van der Waals surface area contributed by atoms with Gasteiger partial charge in [-0.25, -0.2) is 8.42 Å². The third-order valence-electron chi connectivity index (χ3n) is 3.05. The molecule has 0 radical (unpaired) electrons. The average molecular weight is 304 g/mol. The van der Waals surface area contributed by atoms with Crippen LogP contribution in [0, 0.1) is 0 Å². The summed E-state index contributed by atoms with van der Waals surface area (Å²) in [5, 5.41) is 0. The number of benzene rings is 1. The minimum Gasteiger partial charge on any atom is -0.398 e. The molecule has 0 amide bonds. The molecule has 1 aromatic rings. The van der Waals surface area contributed by atoms with Crippen molar-refractivity contribution in [1.82, 2.24) is 0 Å². The van der Waals surface area contributed by atoms with Crippen molar-refractivity contribution in [2.45, 2.75) is 18.8 Å². The highest BCUT2D eigenvalue weighted by Gasteiger charge is 2.24. The van der Waals surface area contributed by atoms with Gasteiger partial charge in [0.15, 0.2) is 0 Å². The highest BCUT2D eigenvalue weighted by atomic mass is 79.9. The molecule has 16 heavy (non-hydrogen) atoms. The van der Waals surface area contributed by atoms with Crippen molar-refractivity contribution in [1.29, 1.82) is 0 Å². The summed E-state index contributed by atoms with van der Waals surface area (Å²) in [5.41, 5.74) is 7.61.